The average Bonchev–Trinajstić information content (AvgIpc) is 2.49. The van der Waals surface area contributed by atoms with Gasteiger partial charge in [-0.15, -0.1) is 0 Å². The Bertz CT molecular complexity index is 411. The molecule has 1 atom stereocenters. The normalized spacial score (nSPS) is 12.9. The SMILES string of the molecule is COC(=O)CCC(=O)NCC(CCO)NC(=O)OCCS(C)(C)C. The molecular formula is C15H30N2O6S. The molecule has 0 spiro atoms. The number of esters is 1. The summed E-state index contributed by atoms with van der Waals surface area (Å²) in [4.78, 5) is 34.3. The summed E-state index contributed by atoms with van der Waals surface area (Å²) in [5.74, 6) is 0.0320. The molecule has 0 aromatic carbocycles. The Morgan fingerprint density at radius 2 is 1.83 bits per heavy atom. The third kappa shape index (κ3) is 13.0. The van der Waals surface area contributed by atoms with E-state index in [0.717, 1.165) is 5.75 Å². The lowest BCUT2D eigenvalue weighted by Crippen LogP contribution is -2.44. The molecule has 1 unspecified atom stereocenters. The van der Waals surface area contributed by atoms with Gasteiger partial charge >= 0.3 is 12.1 Å². The molecular weight excluding hydrogens is 336 g/mol. The molecule has 9 heteroatoms. The third-order valence-corrected chi connectivity index (χ3v) is 4.45. The first-order valence-corrected chi connectivity index (χ1v) is 10.7. The Hall–Kier alpha value is -1.48. The number of hydrogen-bond acceptors (Lipinski definition) is 6. The minimum Gasteiger partial charge on any atom is -0.469 e. The fraction of sp³-hybridized carbons (Fsp3) is 0.800. The van der Waals surface area contributed by atoms with Gasteiger partial charge in [0.2, 0.25) is 5.91 Å². The molecule has 8 nitrogen and oxygen atoms in total. The minimum atomic E-state index is -0.735. The van der Waals surface area contributed by atoms with E-state index >= 15 is 0 Å². The molecule has 0 saturated heterocycles. The quantitative estimate of drug-likeness (QED) is 0.451. The number of alkyl carbamates (subject to hydrolysis) is 1. The first-order valence-electron chi connectivity index (χ1n) is 7.71. The maximum Gasteiger partial charge on any atom is 0.407 e. The Morgan fingerprint density at radius 3 is 2.38 bits per heavy atom. The van der Waals surface area contributed by atoms with Gasteiger partial charge in [0.15, 0.2) is 0 Å². The van der Waals surface area contributed by atoms with Gasteiger partial charge < -0.3 is 25.2 Å². The second kappa shape index (κ2) is 12.0. The van der Waals surface area contributed by atoms with E-state index in [1.807, 2.05) is 0 Å². The molecule has 24 heavy (non-hydrogen) atoms. The van der Waals surface area contributed by atoms with Gasteiger partial charge in [0.1, 0.15) is 6.61 Å². The fourth-order valence-electron chi connectivity index (χ4n) is 1.62. The number of carbonyl (C=O) groups excluding carboxylic acids is 3. The molecule has 0 aromatic heterocycles. The summed E-state index contributed by atoms with van der Waals surface area (Å²) in [6, 6.07) is -0.438. The third-order valence-electron chi connectivity index (χ3n) is 3.06. The van der Waals surface area contributed by atoms with Gasteiger partial charge in [-0.3, -0.25) is 9.59 Å². The molecule has 0 fully saturated rings. The Kier molecular flexibility index (Phi) is 11.2. The zero-order valence-electron chi connectivity index (χ0n) is 14.9. The number of carbonyl (C=O) groups is 3. The molecule has 3 N–H and O–H groups in total. The zero-order valence-corrected chi connectivity index (χ0v) is 15.7. The zero-order chi connectivity index (χ0) is 18.6. The van der Waals surface area contributed by atoms with Crippen LogP contribution in [0.3, 0.4) is 0 Å². The predicted octanol–water partition coefficient (Wildman–Crippen LogP) is 0.227. The summed E-state index contributed by atoms with van der Waals surface area (Å²) in [6.45, 7) is 0.358. The number of nitrogens with one attached hydrogen (secondary N) is 2. The first kappa shape index (κ1) is 22.5. The molecule has 0 radical (unpaired) electrons. The van der Waals surface area contributed by atoms with Crippen molar-refractivity contribution in [2.24, 2.45) is 0 Å². The highest BCUT2D eigenvalue weighted by atomic mass is 32.3. The van der Waals surface area contributed by atoms with Gasteiger partial charge in [-0.25, -0.2) is 14.8 Å². The van der Waals surface area contributed by atoms with Crippen LogP contribution in [-0.4, -0.2) is 80.5 Å². The molecule has 2 amide bonds. The lowest BCUT2D eigenvalue weighted by Gasteiger charge is -2.25. The van der Waals surface area contributed by atoms with Crippen molar-refractivity contribution in [3.63, 3.8) is 0 Å². The molecule has 0 rings (SSSR count). The van der Waals surface area contributed by atoms with E-state index in [-0.39, 0.29) is 38.3 Å². The topological polar surface area (TPSA) is 114 Å². The van der Waals surface area contributed by atoms with E-state index in [1.165, 1.54) is 7.11 Å². The van der Waals surface area contributed by atoms with E-state index in [9.17, 15) is 14.4 Å². The van der Waals surface area contributed by atoms with Crippen molar-refractivity contribution >= 4 is 28.0 Å². The number of methoxy groups -OCH3 is 1. The van der Waals surface area contributed by atoms with E-state index in [2.05, 4.69) is 34.1 Å². The van der Waals surface area contributed by atoms with Crippen LogP contribution < -0.4 is 10.6 Å². The molecule has 0 bridgehead atoms. The number of hydrogen-bond donors (Lipinski definition) is 3. The second-order valence-electron chi connectivity index (χ2n) is 6.16. The Balaban J connectivity index is 4.13. The summed E-state index contributed by atoms with van der Waals surface area (Å²) in [5.41, 5.74) is 0. The molecule has 0 heterocycles. The van der Waals surface area contributed by atoms with Crippen LogP contribution in [0.1, 0.15) is 19.3 Å². The molecule has 142 valence electrons. The predicted molar refractivity (Wildman–Crippen MR) is 94.5 cm³/mol. The van der Waals surface area contributed by atoms with Crippen molar-refractivity contribution in [1.82, 2.24) is 10.6 Å². The average molecular weight is 366 g/mol. The van der Waals surface area contributed by atoms with Gasteiger partial charge in [0.25, 0.3) is 0 Å². The summed E-state index contributed by atoms with van der Waals surface area (Å²) in [7, 11) is 0.523. The van der Waals surface area contributed by atoms with Crippen LogP contribution in [0.25, 0.3) is 0 Å². The van der Waals surface area contributed by atoms with Crippen molar-refractivity contribution in [2.45, 2.75) is 25.3 Å². The summed E-state index contributed by atoms with van der Waals surface area (Å²) in [5, 5.41) is 14.3. The van der Waals surface area contributed by atoms with Crippen molar-refractivity contribution in [3.05, 3.63) is 0 Å². The van der Waals surface area contributed by atoms with Crippen molar-refractivity contribution < 1.29 is 29.0 Å². The molecule has 0 aromatic rings. The fourth-order valence-corrected chi connectivity index (χ4v) is 2.20. The molecule has 0 aliphatic carbocycles. The molecule has 0 aliphatic heterocycles. The van der Waals surface area contributed by atoms with Gasteiger partial charge in [-0.2, -0.15) is 0 Å². The van der Waals surface area contributed by atoms with E-state index in [0.29, 0.717) is 6.61 Å². The maximum atomic E-state index is 11.7. The second-order valence-corrected chi connectivity index (χ2v) is 10.8. The van der Waals surface area contributed by atoms with Crippen LogP contribution in [-0.2, 0) is 19.1 Å². The lowest BCUT2D eigenvalue weighted by atomic mass is 10.2. The van der Waals surface area contributed by atoms with Crippen LogP contribution in [0.15, 0.2) is 0 Å². The lowest BCUT2D eigenvalue weighted by molar-refractivity contribution is -0.142. The Labute approximate surface area is 145 Å². The largest absolute Gasteiger partial charge is 0.469 e. The van der Waals surface area contributed by atoms with Crippen LogP contribution in [0.4, 0.5) is 4.79 Å². The van der Waals surface area contributed by atoms with Crippen LogP contribution >= 0.6 is 10.0 Å². The smallest absolute Gasteiger partial charge is 0.407 e. The van der Waals surface area contributed by atoms with E-state index in [1.54, 1.807) is 0 Å². The van der Waals surface area contributed by atoms with E-state index < -0.39 is 28.1 Å². The monoisotopic (exact) mass is 366 g/mol. The van der Waals surface area contributed by atoms with Gasteiger partial charge in [-0.05, 0) is 25.2 Å². The Morgan fingerprint density at radius 1 is 1.17 bits per heavy atom. The highest BCUT2D eigenvalue weighted by molar-refractivity contribution is 8.32. The standard InChI is InChI=1S/C15H30N2O6S/c1-22-14(20)6-5-13(19)16-11-12(7-8-18)17-15(21)23-9-10-24(2,3)4/h12,18H,5-11H2,1-4H3,(H,16,19)(H,17,21). The van der Waals surface area contributed by atoms with Crippen LogP contribution in [0, 0.1) is 0 Å². The van der Waals surface area contributed by atoms with Crippen molar-refractivity contribution in [2.75, 3.05) is 51.4 Å². The van der Waals surface area contributed by atoms with Gasteiger partial charge in [0, 0.05) is 25.3 Å². The van der Waals surface area contributed by atoms with E-state index in [4.69, 9.17) is 9.84 Å². The summed E-state index contributed by atoms with van der Waals surface area (Å²) < 4.78 is 9.57. The summed E-state index contributed by atoms with van der Waals surface area (Å²) >= 11 is 0. The van der Waals surface area contributed by atoms with Gasteiger partial charge in [-0.1, -0.05) is 0 Å². The van der Waals surface area contributed by atoms with Crippen molar-refractivity contribution in [1.29, 1.82) is 0 Å². The number of ether oxygens (including phenoxy) is 2. The number of aliphatic hydroxyl groups is 1. The maximum absolute atomic E-state index is 11.7. The number of aliphatic hydroxyl groups excluding tert-OH is 1. The highest BCUT2D eigenvalue weighted by Crippen LogP contribution is 2.33. The van der Waals surface area contributed by atoms with Gasteiger partial charge in [0.05, 0.1) is 19.6 Å². The van der Waals surface area contributed by atoms with Crippen molar-refractivity contribution in [3.8, 4) is 0 Å². The van der Waals surface area contributed by atoms with Crippen LogP contribution in [0.2, 0.25) is 0 Å². The number of rotatable bonds is 11. The minimum absolute atomic E-state index is 0.00237. The molecule has 0 aliphatic rings. The summed E-state index contributed by atoms with van der Waals surface area (Å²) in [6.07, 6.45) is 6.12. The first-order chi connectivity index (χ1) is 11.2. The highest BCUT2D eigenvalue weighted by Gasteiger charge is 2.15. The van der Waals surface area contributed by atoms with Crippen LogP contribution in [0.5, 0.6) is 0 Å². The molecule has 0 saturated carbocycles. The number of amides is 2.